The third kappa shape index (κ3) is 10.6. The zero-order valence-electron chi connectivity index (χ0n) is 42.8. The molecule has 11 atom stereocenters. The van der Waals surface area contributed by atoms with Gasteiger partial charge in [0.2, 0.25) is 6.10 Å². The average Bonchev–Trinajstić information content (AvgIpc) is 3.36. The van der Waals surface area contributed by atoms with Gasteiger partial charge in [-0.25, -0.2) is 9.59 Å². The molecular formula is C57H69NO15. The van der Waals surface area contributed by atoms with Crippen molar-refractivity contribution >= 4 is 41.5 Å². The number of aliphatic hydroxyl groups is 2. The van der Waals surface area contributed by atoms with Crippen molar-refractivity contribution in [1.82, 2.24) is 5.32 Å². The van der Waals surface area contributed by atoms with Crippen LogP contribution in [0, 0.1) is 16.7 Å². The lowest BCUT2D eigenvalue weighted by Crippen LogP contribution is -2.82. The molecule has 16 nitrogen and oxygen atoms in total. The summed E-state index contributed by atoms with van der Waals surface area (Å²) in [5.41, 5.74) is -7.13. The highest BCUT2D eigenvalue weighted by atomic mass is 16.6. The molecule has 0 aromatic heterocycles. The molecule has 1 saturated heterocycles. The molecule has 0 radical (unpaired) electrons. The molecule has 3 fully saturated rings. The van der Waals surface area contributed by atoms with Crippen LogP contribution in [0.15, 0.2) is 102 Å². The molecule has 16 heteroatoms. The molecule has 392 valence electrons. The maximum atomic E-state index is 16.0. The van der Waals surface area contributed by atoms with Crippen molar-refractivity contribution in [2.75, 3.05) is 6.61 Å². The third-order valence-corrected chi connectivity index (χ3v) is 15.7. The molecule has 1 heterocycles. The first-order valence-corrected chi connectivity index (χ1v) is 25.5. The van der Waals surface area contributed by atoms with Gasteiger partial charge >= 0.3 is 29.8 Å². The summed E-state index contributed by atoms with van der Waals surface area (Å²) < 4.78 is 37.5. The molecule has 1 amide bonds. The smallest absolute Gasteiger partial charge is 0.350 e. The summed E-state index contributed by atoms with van der Waals surface area (Å²) in [5, 5.41) is 29.3. The minimum absolute atomic E-state index is 0.0131. The quantitative estimate of drug-likeness (QED) is 0.0459. The molecule has 2 saturated carbocycles. The van der Waals surface area contributed by atoms with Crippen LogP contribution < -0.4 is 5.32 Å². The lowest BCUT2D eigenvalue weighted by Gasteiger charge is -2.67. The molecule has 2 bridgehead atoms. The second kappa shape index (κ2) is 22.5. The van der Waals surface area contributed by atoms with E-state index in [0.717, 1.165) is 12.8 Å². The SMILES string of the molecule is CCCCCC(=O)OC(C(=O)O[C@H]1C[C@@]2(O)[C@@H](OC(=O)c3ccccc3)C3[C@](C)(C(=O)[C@H](OC(=O)CCCCC)C(=C1C)C2(C)C)[C@@H](O)C[C@H]1OC[C@@]31OC(C)=O)C(NC(=O)c1ccccc1)c1ccccc1. The van der Waals surface area contributed by atoms with Crippen LogP contribution in [0.3, 0.4) is 0 Å². The van der Waals surface area contributed by atoms with E-state index in [-0.39, 0.29) is 48.1 Å². The van der Waals surface area contributed by atoms with Gasteiger partial charge in [0, 0.05) is 43.6 Å². The van der Waals surface area contributed by atoms with Gasteiger partial charge in [0.15, 0.2) is 17.5 Å². The number of aliphatic hydroxyl groups excluding tert-OH is 1. The molecule has 73 heavy (non-hydrogen) atoms. The van der Waals surface area contributed by atoms with E-state index in [2.05, 4.69) is 5.32 Å². The Balaban J connectivity index is 1.43. The summed E-state index contributed by atoms with van der Waals surface area (Å²) >= 11 is 0. The highest BCUT2D eigenvalue weighted by Gasteiger charge is 2.78. The average molecular weight is 1010 g/mol. The Hall–Kier alpha value is -6.23. The number of hydrogen-bond donors (Lipinski definition) is 3. The number of rotatable bonds is 19. The summed E-state index contributed by atoms with van der Waals surface area (Å²) in [6.07, 6.45) is -6.81. The van der Waals surface area contributed by atoms with Gasteiger partial charge in [-0.05, 0) is 67.7 Å². The van der Waals surface area contributed by atoms with E-state index in [4.69, 9.17) is 28.4 Å². The number of fused-ring (bicyclic) bond motifs is 5. The molecular weight excluding hydrogens is 939 g/mol. The van der Waals surface area contributed by atoms with Crippen LogP contribution in [0.4, 0.5) is 0 Å². The summed E-state index contributed by atoms with van der Waals surface area (Å²) in [5.74, 6) is -7.37. The fourth-order valence-corrected chi connectivity index (χ4v) is 11.5. The largest absolute Gasteiger partial charge is 0.455 e. The Morgan fingerprint density at radius 1 is 0.781 bits per heavy atom. The van der Waals surface area contributed by atoms with Crippen LogP contribution in [-0.4, -0.2) is 106 Å². The van der Waals surface area contributed by atoms with Crippen molar-refractivity contribution in [3.05, 3.63) is 119 Å². The number of ketones is 1. The highest BCUT2D eigenvalue weighted by Crippen LogP contribution is 2.64. The van der Waals surface area contributed by atoms with E-state index in [9.17, 15) is 34.2 Å². The molecule has 3 aromatic rings. The van der Waals surface area contributed by atoms with Crippen molar-refractivity contribution in [3.63, 3.8) is 0 Å². The van der Waals surface area contributed by atoms with E-state index in [1.807, 2.05) is 13.8 Å². The topological polar surface area (TPSA) is 227 Å². The Labute approximate surface area is 426 Å². The molecule has 3 unspecified atom stereocenters. The lowest BCUT2D eigenvalue weighted by atomic mass is 9.44. The molecule has 3 aromatic carbocycles. The fraction of sp³-hybridized carbons (Fsp3) is 0.526. The van der Waals surface area contributed by atoms with Gasteiger partial charge in [-0.3, -0.25) is 24.0 Å². The molecule has 3 N–H and O–H groups in total. The summed E-state index contributed by atoms with van der Waals surface area (Å²) in [6.45, 7) is 11.0. The van der Waals surface area contributed by atoms with E-state index in [0.29, 0.717) is 31.2 Å². The minimum atomic E-state index is -2.44. The van der Waals surface area contributed by atoms with Crippen LogP contribution in [0.2, 0.25) is 0 Å². The summed E-state index contributed by atoms with van der Waals surface area (Å²) in [7, 11) is 0. The Morgan fingerprint density at radius 2 is 1.36 bits per heavy atom. The number of amides is 1. The monoisotopic (exact) mass is 1010 g/mol. The number of benzene rings is 3. The number of hydrogen-bond acceptors (Lipinski definition) is 15. The molecule has 1 aliphatic heterocycles. The van der Waals surface area contributed by atoms with Gasteiger partial charge in [0.1, 0.15) is 30.0 Å². The van der Waals surface area contributed by atoms with E-state index in [1.54, 1.807) is 99.6 Å². The van der Waals surface area contributed by atoms with Crippen molar-refractivity contribution < 1.29 is 72.2 Å². The number of esters is 5. The zero-order valence-corrected chi connectivity index (χ0v) is 42.8. The van der Waals surface area contributed by atoms with Crippen molar-refractivity contribution in [2.24, 2.45) is 16.7 Å². The normalized spacial score (nSPS) is 28.8. The van der Waals surface area contributed by atoms with Gasteiger partial charge in [-0.15, -0.1) is 0 Å². The number of nitrogens with one attached hydrogen (secondary N) is 1. The lowest BCUT2D eigenvalue weighted by molar-refractivity contribution is -0.346. The summed E-state index contributed by atoms with van der Waals surface area (Å²) in [6, 6.07) is 23.3. The van der Waals surface area contributed by atoms with Crippen molar-refractivity contribution in [1.29, 1.82) is 0 Å². The number of carbonyl (C=O) groups is 7. The first kappa shape index (κ1) is 54.5. The summed E-state index contributed by atoms with van der Waals surface area (Å²) in [4.78, 5) is 101. The minimum Gasteiger partial charge on any atom is -0.455 e. The Kier molecular flexibility index (Phi) is 16.8. The van der Waals surface area contributed by atoms with Gasteiger partial charge in [-0.2, -0.15) is 0 Å². The van der Waals surface area contributed by atoms with Gasteiger partial charge < -0.3 is 44.0 Å². The number of ether oxygens (including phenoxy) is 6. The molecule has 3 aliphatic carbocycles. The van der Waals surface area contributed by atoms with Crippen molar-refractivity contribution in [3.8, 4) is 0 Å². The predicted molar refractivity (Wildman–Crippen MR) is 264 cm³/mol. The highest BCUT2D eigenvalue weighted by molar-refractivity contribution is 5.96. The third-order valence-electron chi connectivity index (χ3n) is 15.7. The van der Waals surface area contributed by atoms with Crippen molar-refractivity contribution in [2.45, 2.75) is 167 Å². The zero-order chi connectivity index (χ0) is 52.9. The Bertz CT molecular complexity index is 2550. The van der Waals surface area contributed by atoms with E-state index >= 15 is 9.59 Å². The molecule has 0 spiro atoms. The van der Waals surface area contributed by atoms with Crippen LogP contribution in [-0.2, 0) is 52.4 Å². The van der Waals surface area contributed by atoms with Gasteiger partial charge in [-0.1, -0.05) is 120 Å². The number of Topliss-reactive ketones (excluding diaryl/α,β-unsaturated/α-hetero) is 1. The molecule has 4 aliphatic rings. The predicted octanol–water partition coefficient (Wildman–Crippen LogP) is 7.43. The molecule has 7 rings (SSSR count). The second-order valence-electron chi connectivity index (χ2n) is 20.6. The van der Waals surface area contributed by atoms with Crippen LogP contribution in [0.5, 0.6) is 0 Å². The first-order chi connectivity index (χ1) is 34.7. The Morgan fingerprint density at radius 3 is 1.92 bits per heavy atom. The van der Waals surface area contributed by atoms with Crippen LogP contribution in [0.25, 0.3) is 0 Å². The standard InChI is InChI=1S/C57H69NO15/c1-8-10-15-29-42(61)70-46-44-34(3)39(69-53(66)47(71-43(62)30-16-11-9-2)45(36-23-17-12-18-24-36)58-51(64)37-25-19-13-20-26-37)32-57(67,54(44,5)6)50(72-52(65)38-27-21-14-22-28-38)48-55(7,49(46)63)40(60)31-41-56(48,33-68-41)73-35(4)59/h12-14,17-28,39-41,45-48,50,60,67H,8-11,15-16,29-33H2,1-7H3,(H,58,64)/t39-,40-,41+,45?,46+,47?,48?,50-,55+,56-,57+/m0/s1. The maximum Gasteiger partial charge on any atom is 0.350 e. The first-order valence-electron chi connectivity index (χ1n) is 25.5. The second-order valence-corrected chi connectivity index (χ2v) is 20.6. The maximum absolute atomic E-state index is 16.0. The van der Waals surface area contributed by atoms with E-state index in [1.165, 1.54) is 26.0 Å². The van der Waals surface area contributed by atoms with Crippen LogP contribution >= 0.6 is 0 Å². The number of unbranched alkanes of at least 4 members (excludes halogenated alkanes) is 4. The fourth-order valence-electron chi connectivity index (χ4n) is 11.5. The van der Waals surface area contributed by atoms with E-state index < -0.39 is 119 Å². The van der Waals surface area contributed by atoms with Gasteiger partial charge in [0.25, 0.3) is 5.91 Å². The van der Waals surface area contributed by atoms with Gasteiger partial charge in [0.05, 0.1) is 29.6 Å². The van der Waals surface area contributed by atoms with Crippen LogP contribution in [0.1, 0.15) is 145 Å². The number of carbonyl (C=O) groups excluding carboxylic acids is 7.